The molecule has 5 heteroatoms. The van der Waals surface area contributed by atoms with Gasteiger partial charge in [-0.2, -0.15) is 0 Å². The Labute approximate surface area is 119 Å². The summed E-state index contributed by atoms with van der Waals surface area (Å²) in [5.74, 6) is 0. The van der Waals surface area contributed by atoms with Crippen molar-refractivity contribution in [2.45, 2.75) is 38.7 Å². The molecule has 108 valence electrons. The summed E-state index contributed by atoms with van der Waals surface area (Å²) in [4.78, 5) is 14.7. The van der Waals surface area contributed by atoms with E-state index >= 15 is 0 Å². The van der Waals surface area contributed by atoms with Crippen molar-refractivity contribution >= 4 is 17.4 Å². The Hall–Kier alpha value is -1.07. The fraction of sp³-hybridized carbons (Fsp3) is 0.643. The van der Waals surface area contributed by atoms with E-state index in [9.17, 15) is 9.90 Å². The molecule has 0 spiro atoms. The zero-order valence-electron chi connectivity index (χ0n) is 12.4. The monoisotopic (exact) mass is 284 g/mol. The molecular weight excluding hydrogens is 260 g/mol. The van der Waals surface area contributed by atoms with Crippen LogP contribution in [0, 0.1) is 0 Å². The van der Waals surface area contributed by atoms with E-state index in [1.54, 1.807) is 32.2 Å². The van der Waals surface area contributed by atoms with Crippen LogP contribution in [0.5, 0.6) is 0 Å². The van der Waals surface area contributed by atoms with Crippen LogP contribution in [0.25, 0.3) is 0 Å². The first-order valence-corrected chi connectivity index (χ1v) is 7.25. The normalized spacial score (nSPS) is 12.3. The van der Waals surface area contributed by atoms with Gasteiger partial charge in [-0.05, 0) is 25.3 Å². The van der Waals surface area contributed by atoms with Crippen molar-refractivity contribution in [2.24, 2.45) is 0 Å². The number of carbonyl (C=O) groups excluding carboxylic acids is 1. The number of amides is 2. The van der Waals surface area contributed by atoms with Crippen LogP contribution in [-0.4, -0.2) is 41.8 Å². The molecule has 1 aromatic heterocycles. The molecule has 1 heterocycles. The molecule has 0 aliphatic carbocycles. The van der Waals surface area contributed by atoms with Crippen molar-refractivity contribution in [1.82, 2.24) is 10.2 Å². The highest BCUT2D eigenvalue weighted by atomic mass is 32.1. The minimum absolute atomic E-state index is 0.0839. The molecule has 1 aromatic rings. The Morgan fingerprint density at radius 3 is 2.53 bits per heavy atom. The van der Waals surface area contributed by atoms with Gasteiger partial charge < -0.3 is 15.3 Å². The van der Waals surface area contributed by atoms with Crippen LogP contribution >= 0.6 is 11.3 Å². The summed E-state index contributed by atoms with van der Waals surface area (Å²) in [6.07, 6.45) is 0. The summed E-state index contributed by atoms with van der Waals surface area (Å²) in [5.41, 5.74) is -0.964. The van der Waals surface area contributed by atoms with Crippen molar-refractivity contribution < 1.29 is 9.90 Å². The second kappa shape index (κ2) is 5.92. The van der Waals surface area contributed by atoms with Crippen LogP contribution in [0.15, 0.2) is 17.5 Å². The number of hydrogen-bond acceptors (Lipinski definition) is 3. The molecule has 0 atom stereocenters. The fourth-order valence-corrected chi connectivity index (χ4v) is 2.69. The molecule has 0 bridgehead atoms. The first-order chi connectivity index (χ1) is 8.62. The molecule has 19 heavy (non-hydrogen) atoms. The lowest BCUT2D eigenvalue weighted by atomic mass is 9.91. The molecular formula is C14H24N2O2S. The van der Waals surface area contributed by atoms with Crippen molar-refractivity contribution in [1.29, 1.82) is 0 Å². The third kappa shape index (κ3) is 5.20. The van der Waals surface area contributed by atoms with E-state index in [-0.39, 0.29) is 11.4 Å². The number of urea groups is 1. The first kappa shape index (κ1) is 16.0. The van der Waals surface area contributed by atoms with Gasteiger partial charge in [0.1, 0.15) is 0 Å². The largest absolute Gasteiger partial charge is 0.389 e. The van der Waals surface area contributed by atoms with Gasteiger partial charge in [-0.1, -0.05) is 19.9 Å². The highest BCUT2D eigenvalue weighted by Gasteiger charge is 2.24. The predicted molar refractivity (Wildman–Crippen MR) is 79.7 cm³/mol. The molecule has 2 N–H and O–H groups in total. The van der Waals surface area contributed by atoms with Crippen molar-refractivity contribution in [3.8, 4) is 0 Å². The highest BCUT2D eigenvalue weighted by molar-refractivity contribution is 7.10. The molecule has 0 saturated carbocycles. The van der Waals surface area contributed by atoms with Gasteiger partial charge in [0.05, 0.1) is 12.1 Å². The zero-order valence-corrected chi connectivity index (χ0v) is 13.2. The predicted octanol–water partition coefficient (Wildman–Crippen LogP) is 2.44. The molecule has 0 saturated heterocycles. The second-order valence-electron chi connectivity index (χ2n) is 6.19. The maximum absolute atomic E-state index is 11.9. The van der Waals surface area contributed by atoms with Gasteiger partial charge in [0.15, 0.2) is 0 Å². The molecule has 0 fully saturated rings. The van der Waals surface area contributed by atoms with Crippen LogP contribution in [0.4, 0.5) is 4.79 Å². The summed E-state index contributed by atoms with van der Waals surface area (Å²) in [6, 6.07) is 3.94. The molecule has 1 rings (SSSR count). The van der Waals surface area contributed by atoms with Crippen LogP contribution < -0.4 is 5.32 Å². The van der Waals surface area contributed by atoms with E-state index in [2.05, 4.69) is 25.2 Å². The van der Waals surface area contributed by atoms with Crippen LogP contribution in [0.2, 0.25) is 0 Å². The van der Waals surface area contributed by atoms with Crippen LogP contribution in [0.3, 0.4) is 0 Å². The number of nitrogens with one attached hydrogen (secondary N) is 1. The van der Waals surface area contributed by atoms with E-state index < -0.39 is 5.60 Å². The van der Waals surface area contributed by atoms with Crippen molar-refractivity contribution in [2.75, 3.05) is 20.1 Å². The number of aliphatic hydroxyl groups is 1. The summed E-state index contributed by atoms with van der Waals surface area (Å²) in [7, 11) is 1.69. The highest BCUT2D eigenvalue weighted by Crippen LogP contribution is 2.26. The Bertz CT molecular complexity index is 408. The van der Waals surface area contributed by atoms with Crippen LogP contribution in [0.1, 0.15) is 32.6 Å². The van der Waals surface area contributed by atoms with E-state index in [0.29, 0.717) is 13.1 Å². The van der Waals surface area contributed by atoms with Gasteiger partial charge in [-0.3, -0.25) is 0 Å². The maximum Gasteiger partial charge on any atom is 0.317 e. The van der Waals surface area contributed by atoms with Crippen molar-refractivity contribution in [3.63, 3.8) is 0 Å². The summed E-state index contributed by atoms with van der Waals surface area (Å²) >= 11 is 1.70. The van der Waals surface area contributed by atoms with E-state index in [0.717, 1.165) is 0 Å². The van der Waals surface area contributed by atoms with Crippen molar-refractivity contribution in [3.05, 3.63) is 22.4 Å². The summed E-state index contributed by atoms with van der Waals surface area (Å²) < 4.78 is 0. The smallest absolute Gasteiger partial charge is 0.317 e. The number of likely N-dealkylation sites (N-methyl/N-ethyl adjacent to an activating group) is 1. The quantitative estimate of drug-likeness (QED) is 0.872. The number of nitrogens with zero attached hydrogens (tertiary/aromatic N) is 1. The summed E-state index contributed by atoms with van der Waals surface area (Å²) in [5, 5.41) is 14.7. The molecule has 2 amide bonds. The van der Waals surface area contributed by atoms with Gasteiger partial charge in [0.25, 0.3) is 0 Å². The average molecular weight is 284 g/mol. The Kier molecular flexibility index (Phi) is 4.98. The molecule has 0 aliphatic heterocycles. The number of rotatable bonds is 5. The lowest BCUT2D eigenvalue weighted by molar-refractivity contribution is 0.0530. The first-order valence-electron chi connectivity index (χ1n) is 6.37. The fourth-order valence-electron chi connectivity index (χ4n) is 1.83. The van der Waals surface area contributed by atoms with E-state index in [4.69, 9.17) is 0 Å². The summed E-state index contributed by atoms with van der Waals surface area (Å²) in [6.45, 7) is 8.46. The number of hydrogen-bond donors (Lipinski definition) is 2. The SMILES string of the molecule is CN(CC(C)(C)O)C(=O)NCC(C)(C)c1cccs1. The maximum atomic E-state index is 11.9. The molecule has 4 nitrogen and oxygen atoms in total. The third-order valence-electron chi connectivity index (χ3n) is 2.84. The van der Waals surface area contributed by atoms with E-state index in [1.165, 1.54) is 9.78 Å². The Morgan fingerprint density at radius 1 is 1.42 bits per heavy atom. The zero-order chi connectivity index (χ0) is 14.7. The minimum atomic E-state index is -0.880. The Balaban J connectivity index is 2.50. The lowest BCUT2D eigenvalue weighted by Gasteiger charge is -2.28. The van der Waals surface area contributed by atoms with Gasteiger partial charge in [-0.15, -0.1) is 11.3 Å². The van der Waals surface area contributed by atoms with Gasteiger partial charge in [-0.25, -0.2) is 4.79 Å². The number of thiophene rings is 1. The van der Waals surface area contributed by atoms with Gasteiger partial charge >= 0.3 is 6.03 Å². The number of carbonyl (C=O) groups is 1. The molecule has 0 unspecified atom stereocenters. The minimum Gasteiger partial charge on any atom is -0.389 e. The molecule has 0 aliphatic rings. The Morgan fingerprint density at radius 2 is 2.05 bits per heavy atom. The molecule has 0 aromatic carbocycles. The topological polar surface area (TPSA) is 52.6 Å². The van der Waals surface area contributed by atoms with Crippen LogP contribution in [-0.2, 0) is 5.41 Å². The second-order valence-corrected chi connectivity index (χ2v) is 7.14. The van der Waals surface area contributed by atoms with Gasteiger partial charge in [0.2, 0.25) is 0 Å². The van der Waals surface area contributed by atoms with Gasteiger partial charge in [0, 0.05) is 23.9 Å². The lowest BCUT2D eigenvalue weighted by Crippen LogP contribution is -2.47. The average Bonchev–Trinajstić information content (AvgIpc) is 2.77. The molecule has 0 radical (unpaired) electrons. The third-order valence-corrected chi connectivity index (χ3v) is 4.08. The standard InChI is InChI=1S/C14H24N2O2S/c1-13(2,11-7-6-8-19-11)9-15-12(17)16(5)10-14(3,4)18/h6-8,18H,9-10H2,1-5H3,(H,15,17). The van der Waals surface area contributed by atoms with E-state index in [1.807, 2.05) is 11.4 Å².